The SMILES string of the molecule is COc1ccc(C(C)C(=O)NCCc2cccc(C(=O)O)c2)cc1. The molecule has 0 heterocycles. The number of hydrogen-bond acceptors (Lipinski definition) is 3. The van der Waals surface area contributed by atoms with Crippen LogP contribution < -0.4 is 10.1 Å². The lowest BCUT2D eigenvalue weighted by atomic mass is 10.00. The Kier molecular flexibility index (Phi) is 5.95. The van der Waals surface area contributed by atoms with Gasteiger partial charge < -0.3 is 15.2 Å². The Hall–Kier alpha value is -2.82. The van der Waals surface area contributed by atoms with Gasteiger partial charge in [-0.25, -0.2) is 4.79 Å². The van der Waals surface area contributed by atoms with Crippen molar-refractivity contribution in [3.63, 3.8) is 0 Å². The highest BCUT2D eigenvalue weighted by Gasteiger charge is 2.14. The topological polar surface area (TPSA) is 75.6 Å². The molecule has 2 aromatic rings. The number of carbonyl (C=O) groups is 2. The molecule has 0 bridgehead atoms. The van der Waals surface area contributed by atoms with Crippen LogP contribution in [0.4, 0.5) is 0 Å². The third-order valence-corrected chi connectivity index (χ3v) is 3.90. The number of aromatic carboxylic acids is 1. The minimum Gasteiger partial charge on any atom is -0.497 e. The van der Waals surface area contributed by atoms with Crippen molar-refractivity contribution in [1.29, 1.82) is 0 Å². The van der Waals surface area contributed by atoms with Crippen molar-refractivity contribution in [2.24, 2.45) is 0 Å². The summed E-state index contributed by atoms with van der Waals surface area (Å²) >= 11 is 0. The number of amides is 1. The Bertz CT molecular complexity index is 710. The molecule has 1 amide bonds. The van der Waals surface area contributed by atoms with Crippen LogP contribution in [0.1, 0.15) is 34.3 Å². The van der Waals surface area contributed by atoms with Crippen molar-refractivity contribution < 1.29 is 19.4 Å². The number of carboxylic acid groups (broad SMARTS) is 1. The maximum absolute atomic E-state index is 12.2. The van der Waals surface area contributed by atoms with Gasteiger partial charge in [-0.2, -0.15) is 0 Å². The van der Waals surface area contributed by atoms with E-state index in [1.807, 2.05) is 37.3 Å². The van der Waals surface area contributed by atoms with Crippen molar-refractivity contribution >= 4 is 11.9 Å². The van der Waals surface area contributed by atoms with E-state index < -0.39 is 5.97 Å². The van der Waals surface area contributed by atoms with E-state index in [4.69, 9.17) is 9.84 Å². The third-order valence-electron chi connectivity index (χ3n) is 3.90. The van der Waals surface area contributed by atoms with Crippen LogP contribution in [0.3, 0.4) is 0 Å². The van der Waals surface area contributed by atoms with Gasteiger partial charge in [-0.05, 0) is 48.7 Å². The first-order chi connectivity index (χ1) is 11.5. The maximum atomic E-state index is 12.2. The number of ether oxygens (including phenoxy) is 1. The molecule has 0 aliphatic carbocycles. The van der Waals surface area contributed by atoms with Crippen molar-refractivity contribution in [2.45, 2.75) is 19.3 Å². The minimum absolute atomic E-state index is 0.0606. The monoisotopic (exact) mass is 327 g/mol. The van der Waals surface area contributed by atoms with Gasteiger partial charge in [0.2, 0.25) is 5.91 Å². The van der Waals surface area contributed by atoms with E-state index in [-0.39, 0.29) is 17.4 Å². The molecule has 0 saturated heterocycles. The molecular formula is C19H21NO4. The third kappa shape index (κ3) is 4.59. The zero-order chi connectivity index (χ0) is 17.5. The maximum Gasteiger partial charge on any atom is 0.335 e. The fourth-order valence-electron chi connectivity index (χ4n) is 2.39. The molecule has 0 aliphatic rings. The molecular weight excluding hydrogens is 306 g/mol. The lowest BCUT2D eigenvalue weighted by molar-refractivity contribution is -0.122. The molecule has 2 aromatic carbocycles. The van der Waals surface area contributed by atoms with Gasteiger partial charge in [0, 0.05) is 6.54 Å². The van der Waals surface area contributed by atoms with E-state index in [1.54, 1.807) is 25.3 Å². The van der Waals surface area contributed by atoms with Crippen LogP contribution in [0.5, 0.6) is 5.75 Å². The zero-order valence-electron chi connectivity index (χ0n) is 13.8. The lowest BCUT2D eigenvalue weighted by Crippen LogP contribution is -2.29. The van der Waals surface area contributed by atoms with Crippen molar-refractivity contribution in [1.82, 2.24) is 5.32 Å². The summed E-state index contributed by atoms with van der Waals surface area (Å²) in [4.78, 5) is 23.2. The van der Waals surface area contributed by atoms with Crippen LogP contribution >= 0.6 is 0 Å². The summed E-state index contributed by atoms with van der Waals surface area (Å²) in [5, 5.41) is 11.9. The van der Waals surface area contributed by atoms with Gasteiger partial charge in [-0.3, -0.25) is 4.79 Å². The standard InChI is InChI=1S/C19H21NO4/c1-13(15-6-8-17(24-2)9-7-15)18(21)20-11-10-14-4-3-5-16(12-14)19(22)23/h3-9,12-13H,10-11H2,1-2H3,(H,20,21)(H,22,23). The molecule has 2 N–H and O–H groups in total. The summed E-state index contributed by atoms with van der Waals surface area (Å²) in [5.74, 6) is -0.519. The predicted octanol–water partition coefficient (Wildman–Crippen LogP) is 2.86. The summed E-state index contributed by atoms with van der Waals surface area (Å²) in [6.07, 6.45) is 0.586. The van der Waals surface area contributed by atoms with Gasteiger partial charge >= 0.3 is 5.97 Å². The minimum atomic E-state index is -0.950. The smallest absolute Gasteiger partial charge is 0.335 e. The Morgan fingerprint density at radius 3 is 2.50 bits per heavy atom. The van der Waals surface area contributed by atoms with E-state index in [2.05, 4.69) is 5.32 Å². The highest BCUT2D eigenvalue weighted by molar-refractivity contribution is 5.87. The summed E-state index contributed by atoms with van der Waals surface area (Å²) in [7, 11) is 1.60. The van der Waals surface area contributed by atoms with E-state index in [9.17, 15) is 9.59 Å². The highest BCUT2D eigenvalue weighted by Crippen LogP contribution is 2.19. The van der Waals surface area contributed by atoms with E-state index in [0.29, 0.717) is 13.0 Å². The summed E-state index contributed by atoms with van der Waals surface area (Å²) in [6, 6.07) is 14.1. The fourth-order valence-corrected chi connectivity index (χ4v) is 2.39. The average molecular weight is 327 g/mol. The molecule has 0 spiro atoms. The number of nitrogens with one attached hydrogen (secondary N) is 1. The Morgan fingerprint density at radius 1 is 1.17 bits per heavy atom. The first-order valence-corrected chi connectivity index (χ1v) is 7.75. The summed E-state index contributed by atoms with van der Waals surface area (Å²) < 4.78 is 5.11. The van der Waals surface area contributed by atoms with Crippen LogP contribution in [0.15, 0.2) is 48.5 Å². The van der Waals surface area contributed by atoms with E-state index in [1.165, 1.54) is 0 Å². The van der Waals surface area contributed by atoms with Crippen LogP contribution in [0.2, 0.25) is 0 Å². The number of carboxylic acids is 1. The van der Waals surface area contributed by atoms with E-state index in [0.717, 1.165) is 16.9 Å². The molecule has 0 fully saturated rings. The van der Waals surface area contributed by atoms with Crippen LogP contribution in [-0.4, -0.2) is 30.6 Å². The fraction of sp³-hybridized carbons (Fsp3) is 0.263. The van der Waals surface area contributed by atoms with Gasteiger partial charge in [-0.1, -0.05) is 24.3 Å². The Morgan fingerprint density at radius 2 is 1.88 bits per heavy atom. The second-order valence-electron chi connectivity index (χ2n) is 5.54. The van der Waals surface area contributed by atoms with Crippen LogP contribution in [0.25, 0.3) is 0 Å². The van der Waals surface area contributed by atoms with E-state index >= 15 is 0 Å². The van der Waals surface area contributed by atoms with Gasteiger partial charge in [0.05, 0.1) is 18.6 Å². The van der Waals surface area contributed by atoms with Gasteiger partial charge in [0.25, 0.3) is 0 Å². The highest BCUT2D eigenvalue weighted by atomic mass is 16.5. The first-order valence-electron chi connectivity index (χ1n) is 7.75. The molecule has 5 nitrogen and oxygen atoms in total. The number of benzene rings is 2. The molecule has 1 atom stereocenters. The number of methoxy groups -OCH3 is 1. The second-order valence-corrected chi connectivity index (χ2v) is 5.54. The second kappa shape index (κ2) is 8.15. The summed E-state index contributed by atoms with van der Waals surface area (Å²) in [6.45, 7) is 2.31. The van der Waals surface area contributed by atoms with Crippen molar-refractivity contribution in [2.75, 3.05) is 13.7 Å². The molecule has 0 radical (unpaired) electrons. The molecule has 0 saturated carbocycles. The average Bonchev–Trinajstić information content (AvgIpc) is 2.61. The van der Waals surface area contributed by atoms with Gasteiger partial charge in [-0.15, -0.1) is 0 Å². The normalized spacial score (nSPS) is 11.6. The number of carbonyl (C=O) groups excluding carboxylic acids is 1. The molecule has 2 rings (SSSR count). The molecule has 126 valence electrons. The predicted molar refractivity (Wildman–Crippen MR) is 91.5 cm³/mol. The van der Waals surface area contributed by atoms with Crippen molar-refractivity contribution in [3.8, 4) is 5.75 Å². The van der Waals surface area contributed by atoms with Gasteiger partial charge in [0.15, 0.2) is 0 Å². The Labute approximate surface area is 141 Å². The Balaban J connectivity index is 1.88. The molecule has 0 aliphatic heterocycles. The largest absolute Gasteiger partial charge is 0.497 e. The summed E-state index contributed by atoms with van der Waals surface area (Å²) in [5.41, 5.74) is 2.05. The number of rotatable bonds is 7. The number of hydrogen-bond donors (Lipinski definition) is 2. The zero-order valence-corrected chi connectivity index (χ0v) is 13.8. The molecule has 1 unspecified atom stereocenters. The van der Waals surface area contributed by atoms with Crippen LogP contribution in [-0.2, 0) is 11.2 Å². The molecule has 24 heavy (non-hydrogen) atoms. The van der Waals surface area contributed by atoms with Crippen LogP contribution in [0, 0.1) is 0 Å². The molecule has 0 aromatic heterocycles. The van der Waals surface area contributed by atoms with Crippen molar-refractivity contribution in [3.05, 3.63) is 65.2 Å². The molecule has 5 heteroatoms. The lowest BCUT2D eigenvalue weighted by Gasteiger charge is -2.13. The first kappa shape index (κ1) is 17.5. The van der Waals surface area contributed by atoms with Gasteiger partial charge in [0.1, 0.15) is 5.75 Å². The quantitative estimate of drug-likeness (QED) is 0.820.